The number of anilines is 1. The Balaban J connectivity index is 1.54. The average Bonchev–Trinajstić information content (AvgIpc) is 3.35. The fourth-order valence-electron chi connectivity index (χ4n) is 5.35. The summed E-state index contributed by atoms with van der Waals surface area (Å²) >= 11 is 0. The van der Waals surface area contributed by atoms with Crippen LogP contribution in [0, 0.1) is 25.7 Å². The smallest absolute Gasteiger partial charge is 0.239 e. The molecule has 5 rings (SSSR count). The van der Waals surface area contributed by atoms with E-state index in [0.29, 0.717) is 11.3 Å². The standard InChI is InChI=1S/C24H24N2O3/c1-14-5-9-16(10-6-14)22(27)21-20-19(18-4-3-13-25(18)21)23(28)26(24(20)29)17-11-7-15(2)8-12-17/h5-12,18-21H,3-4,13H2,1-2H3/t18-,19-,20-,21-/m1/s1. The summed E-state index contributed by atoms with van der Waals surface area (Å²) in [6.07, 6.45) is 1.82. The highest BCUT2D eigenvalue weighted by Gasteiger charge is 2.64. The first kappa shape index (κ1) is 18.3. The van der Waals surface area contributed by atoms with E-state index in [4.69, 9.17) is 0 Å². The molecule has 29 heavy (non-hydrogen) atoms. The molecule has 2 aromatic carbocycles. The number of Topliss-reactive ketones (excluding diaryl/α,β-unsaturated/α-hetero) is 1. The fourth-order valence-corrected chi connectivity index (χ4v) is 5.35. The van der Waals surface area contributed by atoms with Gasteiger partial charge in [-0.2, -0.15) is 0 Å². The maximum absolute atomic E-state index is 13.5. The molecule has 3 saturated heterocycles. The maximum atomic E-state index is 13.5. The summed E-state index contributed by atoms with van der Waals surface area (Å²) in [6.45, 7) is 4.72. The predicted molar refractivity (Wildman–Crippen MR) is 110 cm³/mol. The molecule has 0 spiro atoms. The van der Waals surface area contributed by atoms with E-state index in [1.807, 2.05) is 62.4 Å². The van der Waals surface area contributed by atoms with Crippen LogP contribution in [0.4, 0.5) is 5.69 Å². The second kappa shape index (κ2) is 6.63. The van der Waals surface area contributed by atoms with E-state index in [-0.39, 0.29) is 23.6 Å². The van der Waals surface area contributed by atoms with E-state index in [9.17, 15) is 14.4 Å². The molecule has 5 nitrogen and oxygen atoms in total. The first-order valence-electron chi connectivity index (χ1n) is 10.3. The van der Waals surface area contributed by atoms with Crippen LogP contribution >= 0.6 is 0 Å². The monoisotopic (exact) mass is 388 g/mol. The number of amides is 2. The highest BCUT2D eigenvalue weighted by Crippen LogP contribution is 2.48. The van der Waals surface area contributed by atoms with E-state index < -0.39 is 17.9 Å². The highest BCUT2D eigenvalue weighted by atomic mass is 16.2. The van der Waals surface area contributed by atoms with Crippen LogP contribution in [0.1, 0.15) is 34.3 Å². The topological polar surface area (TPSA) is 57.7 Å². The maximum Gasteiger partial charge on any atom is 0.239 e. The molecule has 3 aliphatic rings. The molecule has 0 radical (unpaired) electrons. The Morgan fingerprint density at radius 3 is 2.10 bits per heavy atom. The lowest BCUT2D eigenvalue weighted by Crippen LogP contribution is -2.46. The lowest BCUT2D eigenvalue weighted by atomic mass is 9.85. The summed E-state index contributed by atoms with van der Waals surface area (Å²) in [5.74, 6) is -1.45. The van der Waals surface area contributed by atoms with Gasteiger partial charge in [0.2, 0.25) is 11.8 Å². The molecule has 2 amide bonds. The third kappa shape index (κ3) is 2.68. The number of benzene rings is 2. The lowest BCUT2D eigenvalue weighted by Gasteiger charge is -2.27. The highest BCUT2D eigenvalue weighted by molar-refractivity contribution is 6.24. The van der Waals surface area contributed by atoms with E-state index in [2.05, 4.69) is 4.90 Å². The Morgan fingerprint density at radius 2 is 1.45 bits per heavy atom. The predicted octanol–water partition coefficient (Wildman–Crippen LogP) is 3.14. The molecule has 148 valence electrons. The number of hydrogen-bond donors (Lipinski definition) is 0. The van der Waals surface area contributed by atoms with Gasteiger partial charge in [0.25, 0.3) is 0 Å². The minimum atomic E-state index is -0.595. The zero-order valence-electron chi connectivity index (χ0n) is 16.7. The zero-order valence-corrected chi connectivity index (χ0v) is 16.7. The largest absolute Gasteiger partial charge is 0.292 e. The number of rotatable bonds is 3. The van der Waals surface area contributed by atoms with Gasteiger partial charge in [0.1, 0.15) is 0 Å². The van der Waals surface area contributed by atoms with Crippen molar-refractivity contribution in [3.63, 3.8) is 0 Å². The third-order valence-electron chi connectivity index (χ3n) is 6.75. The van der Waals surface area contributed by atoms with Crippen LogP contribution in [0.2, 0.25) is 0 Å². The zero-order chi connectivity index (χ0) is 20.3. The van der Waals surface area contributed by atoms with Gasteiger partial charge in [0.05, 0.1) is 23.6 Å². The molecule has 5 heteroatoms. The molecule has 3 aliphatic heterocycles. The second-order valence-electron chi connectivity index (χ2n) is 8.52. The number of nitrogens with zero attached hydrogens (tertiary/aromatic N) is 2. The molecular formula is C24H24N2O3. The van der Waals surface area contributed by atoms with Gasteiger partial charge in [-0.05, 0) is 45.4 Å². The van der Waals surface area contributed by atoms with Crippen LogP contribution in [-0.4, -0.2) is 41.1 Å². The number of fused-ring (bicyclic) bond motifs is 3. The van der Waals surface area contributed by atoms with Crippen molar-refractivity contribution in [3.05, 3.63) is 65.2 Å². The van der Waals surface area contributed by atoms with Gasteiger partial charge in [-0.3, -0.25) is 19.3 Å². The molecule has 3 heterocycles. The molecule has 0 saturated carbocycles. The number of aryl methyl sites for hydroxylation is 2. The molecule has 0 aromatic heterocycles. The molecule has 4 atom stereocenters. The SMILES string of the molecule is Cc1ccc(C(=O)[C@H]2[C@@H]3C(=O)N(c4ccc(C)cc4)C(=O)[C@@H]3[C@H]3CCCN32)cc1. The van der Waals surface area contributed by atoms with Crippen molar-refractivity contribution in [2.45, 2.75) is 38.8 Å². The molecule has 0 unspecified atom stereocenters. The minimum absolute atomic E-state index is 0.0219. The number of imide groups is 1. The van der Waals surface area contributed by atoms with Crippen molar-refractivity contribution in [2.24, 2.45) is 11.8 Å². The summed E-state index contributed by atoms with van der Waals surface area (Å²) < 4.78 is 0. The molecule has 0 bridgehead atoms. The average molecular weight is 388 g/mol. The normalized spacial score (nSPS) is 28.7. The number of carbonyl (C=O) groups excluding carboxylic acids is 3. The summed E-state index contributed by atoms with van der Waals surface area (Å²) in [5.41, 5.74) is 3.37. The van der Waals surface area contributed by atoms with Crippen LogP contribution in [0.25, 0.3) is 0 Å². The van der Waals surface area contributed by atoms with Gasteiger partial charge in [-0.1, -0.05) is 47.5 Å². The van der Waals surface area contributed by atoms with Crippen LogP contribution in [-0.2, 0) is 9.59 Å². The van der Waals surface area contributed by atoms with Crippen molar-refractivity contribution < 1.29 is 14.4 Å². The van der Waals surface area contributed by atoms with Gasteiger partial charge in [0, 0.05) is 11.6 Å². The van der Waals surface area contributed by atoms with Gasteiger partial charge < -0.3 is 0 Å². The Bertz CT molecular complexity index is 996. The third-order valence-corrected chi connectivity index (χ3v) is 6.75. The van der Waals surface area contributed by atoms with E-state index in [1.165, 1.54) is 4.90 Å². The molecule has 0 aliphatic carbocycles. The fraction of sp³-hybridized carbons (Fsp3) is 0.375. The van der Waals surface area contributed by atoms with Crippen molar-refractivity contribution >= 4 is 23.3 Å². The van der Waals surface area contributed by atoms with E-state index >= 15 is 0 Å². The molecule has 0 N–H and O–H groups in total. The van der Waals surface area contributed by atoms with Crippen LogP contribution in [0.15, 0.2) is 48.5 Å². The summed E-state index contributed by atoms with van der Waals surface area (Å²) in [5, 5.41) is 0. The van der Waals surface area contributed by atoms with Gasteiger partial charge in [-0.25, -0.2) is 4.90 Å². The summed E-state index contributed by atoms with van der Waals surface area (Å²) in [6, 6.07) is 14.4. The van der Waals surface area contributed by atoms with Crippen LogP contribution < -0.4 is 4.90 Å². The van der Waals surface area contributed by atoms with Crippen LogP contribution in [0.5, 0.6) is 0 Å². The first-order chi connectivity index (χ1) is 14.0. The molecule has 3 fully saturated rings. The Hall–Kier alpha value is -2.79. The summed E-state index contributed by atoms with van der Waals surface area (Å²) in [4.78, 5) is 43.7. The quantitative estimate of drug-likeness (QED) is 0.599. The Morgan fingerprint density at radius 1 is 0.862 bits per heavy atom. The van der Waals surface area contributed by atoms with Crippen molar-refractivity contribution in [1.82, 2.24) is 4.90 Å². The van der Waals surface area contributed by atoms with E-state index in [1.54, 1.807) is 0 Å². The number of carbonyl (C=O) groups is 3. The molecule has 2 aromatic rings. The van der Waals surface area contributed by atoms with Crippen molar-refractivity contribution in [2.75, 3.05) is 11.4 Å². The lowest BCUT2D eigenvalue weighted by molar-refractivity contribution is -0.123. The Labute approximate surface area is 170 Å². The Kier molecular flexibility index (Phi) is 4.17. The molecular weight excluding hydrogens is 364 g/mol. The van der Waals surface area contributed by atoms with Gasteiger partial charge in [0.15, 0.2) is 5.78 Å². The summed E-state index contributed by atoms with van der Waals surface area (Å²) in [7, 11) is 0. The van der Waals surface area contributed by atoms with E-state index in [0.717, 1.165) is 30.5 Å². The minimum Gasteiger partial charge on any atom is -0.292 e. The van der Waals surface area contributed by atoms with Gasteiger partial charge in [-0.15, -0.1) is 0 Å². The number of ketones is 1. The van der Waals surface area contributed by atoms with Crippen molar-refractivity contribution in [3.8, 4) is 0 Å². The van der Waals surface area contributed by atoms with Crippen LogP contribution in [0.3, 0.4) is 0 Å². The second-order valence-corrected chi connectivity index (χ2v) is 8.52. The van der Waals surface area contributed by atoms with Gasteiger partial charge >= 0.3 is 0 Å². The first-order valence-corrected chi connectivity index (χ1v) is 10.3. The van der Waals surface area contributed by atoms with Crippen molar-refractivity contribution in [1.29, 1.82) is 0 Å². The number of hydrogen-bond acceptors (Lipinski definition) is 4.